The standard InChI is InChI=1S/C6H12O3S.F5P.Li.H/c1-2-3-4-5-6-10(7,8)9;1-6(2,3,4)5;;/h2H,1,3-6H2,(H,7,8,9);;;/q;;+1;-1. The van der Waals surface area contributed by atoms with E-state index in [0.29, 0.717) is 6.42 Å². The van der Waals surface area contributed by atoms with Crippen LogP contribution in [0.3, 0.4) is 0 Å². The van der Waals surface area contributed by atoms with Crippen LogP contribution in [0.2, 0.25) is 0 Å². The van der Waals surface area contributed by atoms with Gasteiger partial charge in [0, 0.05) is 0 Å². The number of hydrogen-bond donors (Lipinski definition) is 1. The second-order valence-corrected chi connectivity index (χ2v) is 5.56. The molecule has 0 aromatic rings. The average Bonchev–Trinajstić information content (AvgIpc) is 1.91. The molecule has 0 spiro atoms. The minimum absolute atomic E-state index is 0. The first-order valence-electron chi connectivity index (χ1n) is 3.97. The minimum Gasteiger partial charge on any atom is -1.00 e. The van der Waals surface area contributed by atoms with Gasteiger partial charge in [0.1, 0.15) is 0 Å². The molecule has 1 N–H and O–H groups in total. The Morgan fingerprint density at radius 2 is 1.53 bits per heavy atom. The van der Waals surface area contributed by atoms with E-state index in [9.17, 15) is 29.4 Å². The van der Waals surface area contributed by atoms with Crippen molar-refractivity contribution in [2.24, 2.45) is 0 Å². The third-order valence-corrected chi connectivity index (χ3v) is 1.87. The molecule has 0 aromatic heterocycles. The van der Waals surface area contributed by atoms with Crippen LogP contribution in [0.1, 0.15) is 20.7 Å². The molecule has 0 saturated carbocycles. The van der Waals surface area contributed by atoms with Crippen molar-refractivity contribution in [2.75, 3.05) is 5.75 Å². The molecule has 11 heteroatoms. The Morgan fingerprint density at radius 1 is 1.18 bits per heavy atom. The first kappa shape index (κ1) is 22.5. The van der Waals surface area contributed by atoms with E-state index in [0.717, 1.165) is 12.8 Å². The van der Waals surface area contributed by atoms with Gasteiger partial charge in [0.15, 0.2) is 0 Å². The summed E-state index contributed by atoms with van der Waals surface area (Å²) in [6.07, 6.45) is 3.80. The van der Waals surface area contributed by atoms with E-state index in [1.54, 1.807) is 6.08 Å². The first-order valence-corrected chi connectivity index (χ1v) is 7.27. The van der Waals surface area contributed by atoms with Gasteiger partial charge in [-0.25, -0.2) is 0 Å². The van der Waals surface area contributed by atoms with Gasteiger partial charge in [-0.05, 0) is 19.3 Å². The molecule has 0 aliphatic carbocycles. The van der Waals surface area contributed by atoms with Crippen molar-refractivity contribution in [3.05, 3.63) is 12.7 Å². The van der Waals surface area contributed by atoms with Gasteiger partial charge in [0.2, 0.25) is 0 Å². The summed E-state index contributed by atoms with van der Waals surface area (Å²) in [4.78, 5) is 0. The Kier molecular flexibility index (Phi) is 11.2. The summed E-state index contributed by atoms with van der Waals surface area (Å²) in [5.74, 6) is -0.138. The van der Waals surface area contributed by atoms with Crippen LogP contribution in [-0.4, -0.2) is 18.7 Å². The molecular weight excluding hydrogens is 285 g/mol. The molecule has 0 aromatic carbocycles. The summed E-state index contributed by atoms with van der Waals surface area (Å²) in [6, 6.07) is 0. The average molecular weight is 298 g/mol. The Labute approximate surface area is 110 Å². The molecule has 3 nitrogen and oxygen atoms in total. The van der Waals surface area contributed by atoms with Gasteiger partial charge in [-0.2, -0.15) is 8.42 Å². The maximum absolute atomic E-state index is 10.1. The summed E-state index contributed by atoms with van der Waals surface area (Å²) in [6.45, 7) is 3.48. The van der Waals surface area contributed by atoms with Crippen molar-refractivity contribution in [3.8, 4) is 0 Å². The van der Waals surface area contributed by atoms with Crippen molar-refractivity contribution in [2.45, 2.75) is 19.3 Å². The number of unbranched alkanes of at least 4 members (excludes halogenated alkanes) is 2. The van der Waals surface area contributed by atoms with Gasteiger partial charge in [0.25, 0.3) is 10.1 Å². The first-order chi connectivity index (χ1) is 6.80. The van der Waals surface area contributed by atoms with Gasteiger partial charge >= 0.3 is 48.0 Å². The van der Waals surface area contributed by atoms with Gasteiger partial charge < -0.3 is 1.43 Å². The van der Waals surface area contributed by atoms with Crippen LogP contribution in [0, 0.1) is 0 Å². The zero-order chi connectivity index (χ0) is 13.5. The van der Waals surface area contributed by atoms with Crippen molar-refractivity contribution in [1.29, 1.82) is 0 Å². The summed E-state index contributed by atoms with van der Waals surface area (Å²) >= 11 is 0. The van der Waals surface area contributed by atoms with Crippen LogP contribution in [-0.2, 0) is 10.1 Å². The second kappa shape index (κ2) is 8.43. The predicted octanol–water partition coefficient (Wildman–Crippen LogP) is 1.31. The molecule has 0 bridgehead atoms. The number of hydrogen-bond acceptors (Lipinski definition) is 2. The monoisotopic (exact) mass is 298 g/mol. The fourth-order valence-corrected chi connectivity index (χ4v) is 1.14. The van der Waals surface area contributed by atoms with Crippen LogP contribution >= 0.6 is 8.16 Å². The number of halogens is 5. The zero-order valence-electron chi connectivity index (χ0n) is 10.1. The topological polar surface area (TPSA) is 54.4 Å². The Morgan fingerprint density at radius 3 is 1.76 bits per heavy atom. The molecule has 0 heterocycles. The van der Waals surface area contributed by atoms with Gasteiger partial charge in [-0.15, -0.1) is 6.58 Å². The molecule has 0 aliphatic rings. The van der Waals surface area contributed by atoms with Crippen molar-refractivity contribution in [1.82, 2.24) is 0 Å². The van der Waals surface area contributed by atoms with Crippen molar-refractivity contribution < 1.29 is 54.2 Å². The largest absolute Gasteiger partial charge is 1.00 e. The molecule has 0 saturated heterocycles. The van der Waals surface area contributed by atoms with Gasteiger partial charge in [-0.3, -0.25) is 4.55 Å². The van der Waals surface area contributed by atoms with Crippen molar-refractivity contribution >= 4 is 18.3 Å². The third-order valence-electron chi connectivity index (χ3n) is 1.06. The van der Waals surface area contributed by atoms with Gasteiger partial charge in [0.05, 0.1) is 5.75 Å². The number of rotatable bonds is 5. The van der Waals surface area contributed by atoms with Gasteiger partial charge in [-0.1, -0.05) is 6.08 Å². The maximum Gasteiger partial charge on any atom is 1.00 e. The van der Waals surface area contributed by atoms with Crippen LogP contribution in [0.15, 0.2) is 12.7 Å². The molecule has 0 rings (SSSR count). The molecule has 102 valence electrons. The Hall–Kier alpha value is 0.327. The summed E-state index contributed by atoms with van der Waals surface area (Å²) in [5.41, 5.74) is 0. The zero-order valence-corrected chi connectivity index (χ0v) is 10.8. The molecule has 17 heavy (non-hydrogen) atoms. The fourth-order valence-electron chi connectivity index (χ4n) is 0.573. The quantitative estimate of drug-likeness (QED) is 0.208. The van der Waals surface area contributed by atoms with E-state index < -0.39 is 18.3 Å². The maximum atomic E-state index is 10.1. The van der Waals surface area contributed by atoms with E-state index in [4.69, 9.17) is 4.55 Å². The van der Waals surface area contributed by atoms with E-state index in [1.807, 2.05) is 0 Å². The normalized spacial score (nSPS) is 13.4. The minimum atomic E-state index is -8.55. The summed E-state index contributed by atoms with van der Waals surface area (Å²) in [7, 11) is -12.3. The Balaban J connectivity index is -0.000000108. The van der Waals surface area contributed by atoms with E-state index in [2.05, 4.69) is 6.58 Å². The van der Waals surface area contributed by atoms with E-state index in [1.165, 1.54) is 0 Å². The molecule has 0 unspecified atom stereocenters. The van der Waals surface area contributed by atoms with Crippen LogP contribution in [0.4, 0.5) is 21.0 Å². The smallest absolute Gasteiger partial charge is 1.00 e. The summed E-state index contributed by atoms with van der Waals surface area (Å²) < 4.78 is 77.7. The fraction of sp³-hybridized carbons (Fsp3) is 0.667. The molecule has 0 radical (unpaired) electrons. The molecule has 0 amide bonds. The number of allylic oxidation sites excluding steroid dienone is 1. The molecule has 0 aliphatic heterocycles. The van der Waals surface area contributed by atoms with E-state index in [-0.39, 0.29) is 26.0 Å². The van der Waals surface area contributed by atoms with Crippen LogP contribution in [0.5, 0.6) is 0 Å². The summed E-state index contributed by atoms with van der Waals surface area (Å²) in [5, 5.41) is 0. The third kappa shape index (κ3) is 62.4. The molecular formula is C6H13F5LiO3PS. The van der Waals surface area contributed by atoms with Crippen LogP contribution < -0.4 is 18.9 Å². The van der Waals surface area contributed by atoms with Crippen LogP contribution in [0.25, 0.3) is 0 Å². The van der Waals surface area contributed by atoms with Crippen molar-refractivity contribution in [3.63, 3.8) is 0 Å². The SMILES string of the molecule is C=CCCCCS(=O)(=O)O.FP(F)(F)(F)F.[H-].[Li+]. The Bertz CT molecular complexity index is 302. The predicted molar refractivity (Wildman–Crippen MR) is 54.0 cm³/mol. The second-order valence-electron chi connectivity index (χ2n) is 2.71. The molecule has 0 atom stereocenters. The van der Waals surface area contributed by atoms with E-state index >= 15 is 0 Å². The molecule has 0 fully saturated rings.